The van der Waals surface area contributed by atoms with Gasteiger partial charge >= 0.3 is 0 Å². The molecule has 1 aliphatic heterocycles. The summed E-state index contributed by atoms with van der Waals surface area (Å²) in [6.45, 7) is 15.3. The molecular formula is C17H36N2. The molecule has 2 atom stereocenters. The molecule has 1 fully saturated rings. The lowest BCUT2D eigenvalue weighted by molar-refractivity contribution is 0.204. The van der Waals surface area contributed by atoms with Crippen LogP contribution in [0.2, 0.25) is 0 Å². The zero-order chi connectivity index (χ0) is 14.3. The van der Waals surface area contributed by atoms with E-state index in [0.717, 1.165) is 12.0 Å². The molecule has 0 aromatic carbocycles. The smallest absolute Gasteiger partial charge is 0.00966 e. The van der Waals surface area contributed by atoms with E-state index < -0.39 is 0 Å². The van der Waals surface area contributed by atoms with Crippen molar-refractivity contribution in [1.82, 2.24) is 10.2 Å². The minimum atomic E-state index is 0.262. The fraction of sp³-hybridized carbons (Fsp3) is 1.00. The largest absolute Gasteiger partial charge is 0.312 e. The molecular weight excluding hydrogens is 232 g/mol. The van der Waals surface area contributed by atoms with Gasteiger partial charge in [-0.25, -0.2) is 0 Å². The van der Waals surface area contributed by atoms with Crippen molar-refractivity contribution in [1.29, 1.82) is 0 Å². The minimum Gasteiger partial charge on any atom is -0.312 e. The molecule has 0 aromatic rings. The van der Waals surface area contributed by atoms with Crippen LogP contribution in [0.5, 0.6) is 0 Å². The van der Waals surface area contributed by atoms with Gasteiger partial charge in [0, 0.05) is 18.1 Å². The first-order valence-electron chi connectivity index (χ1n) is 8.45. The Morgan fingerprint density at radius 2 is 1.89 bits per heavy atom. The van der Waals surface area contributed by atoms with Crippen molar-refractivity contribution in [3.05, 3.63) is 0 Å². The number of hydrogen-bond donors (Lipinski definition) is 1. The van der Waals surface area contributed by atoms with Crippen LogP contribution in [0.4, 0.5) is 0 Å². The Labute approximate surface area is 121 Å². The molecule has 2 nitrogen and oxygen atoms in total. The van der Waals surface area contributed by atoms with Crippen LogP contribution in [-0.4, -0.2) is 36.1 Å². The Hall–Kier alpha value is -0.0800. The average Bonchev–Trinajstić information content (AvgIpc) is 2.80. The highest BCUT2D eigenvalue weighted by Crippen LogP contribution is 2.23. The van der Waals surface area contributed by atoms with E-state index >= 15 is 0 Å². The van der Waals surface area contributed by atoms with Crippen LogP contribution >= 0.6 is 0 Å². The molecule has 19 heavy (non-hydrogen) atoms. The zero-order valence-corrected chi connectivity index (χ0v) is 14.0. The fourth-order valence-electron chi connectivity index (χ4n) is 3.09. The van der Waals surface area contributed by atoms with E-state index in [-0.39, 0.29) is 5.54 Å². The molecule has 114 valence electrons. The van der Waals surface area contributed by atoms with Crippen LogP contribution < -0.4 is 5.32 Å². The molecule has 1 saturated heterocycles. The van der Waals surface area contributed by atoms with Crippen LogP contribution in [0.3, 0.4) is 0 Å². The molecule has 2 unspecified atom stereocenters. The fourth-order valence-corrected chi connectivity index (χ4v) is 3.09. The van der Waals surface area contributed by atoms with Gasteiger partial charge in [0.05, 0.1) is 0 Å². The van der Waals surface area contributed by atoms with E-state index in [2.05, 4.69) is 44.8 Å². The third-order valence-electron chi connectivity index (χ3n) is 4.27. The van der Waals surface area contributed by atoms with Gasteiger partial charge in [0.2, 0.25) is 0 Å². The summed E-state index contributed by atoms with van der Waals surface area (Å²) in [5.41, 5.74) is 0.262. The monoisotopic (exact) mass is 268 g/mol. The molecule has 0 bridgehead atoms. The standard InChI is InChI=1S/C17H36N2/c1-6-8-10-16(9-7-2)19-12-11-15(14-19)13-18-17(3,4)5/h15-16,18H,6-14H2,1-5H3. The first kappa shape index (κ1) is 17.0. The Morgan fingerprint density at radius 1 is 1.16 bits per heavy atom. The van der Waals surface area contributed by atoms with E-state index in [9.17, 15) is 0 Å². The van der Waals surface area contributed by atoms with Gasteiger partial charge in [0.1, 0.15) is 0 Å². The number of unbranched alkanes of at least 4 members (excludes halogenated alkanes) is 1. The summed E-state index contributed by atoms with van der Waals surface area (Å²) >= 11 is 0. The van der Waals surface area contributed by atoms with Gasteiger partial charge in [0.25, 0.3) is 0 Å². The second kappa shape index (κ2) is 8.26. The molecule has 2 heteroatoms. The first-order chi connectivity index (χ1) is 8.96. The Morgan fingerprint density at radius 3 is 2.47 bits per heavy atom. The van der Waals surface area contributed by atoms with Crippen LogP contribution in [0.15, 0.2) is 0 Å². The van der Waals surface area contributed by atoms with Crippen LogP contribution in [0.1, 0.15) is 73.1 Å². The molecule has 0 spiro atoms. The van der Waals surface area contributed by atoms with Gasteiger partial charge in [0.15, 0.2) is 0 Å². The minimum absolute atomic E-state index is 0.262. The van der Waals surface area contributed by atoms with E-state index in [1.165, 1.54) is 58.2 Å². The SMILES string of the molecule is CCCCC(CCC)N1CCC(CNC(C)(C)C)C1. The van der Waals surface area contributed by atoms with Crippen molar-refractivity contribution in [2.45, 2.75) is 84.7 Å². The molecule has 1 rings (SSSR count). The topological polar surface area (TPSA) is 15.3 Å². The number of nitrogens with zero attached hydrogens (tertiary/aromatic N) is 1. The van der Waals surface area contributed by atoms with E-state index in [1.54, 1.807) is 0 Å². The maximum atomic E-state index is 3.67. The number of rotatable bonds is 8. The van der Waals surface area contributed by atoms with E-state index in [0.29, 0.717) is 0 Å². The lowest BCUT2D eigenvalue weighted by Gasteiger charge is -2.28. The van der Waals surface area contributed by atoms with Crippen molar-refractivity contribution >= 4 is 0 Å². The Balaban J connectivity index is 2.35. The predicted octanol–water partition coefficient (Wildman–Crippen LogP) is 4.06. The normalized spacial score (nSPS) is 22.9. The highest BCUT2D eigenvalue weighted by Gasteiger charge is 2.27. The highest BCUT2D eigenvalue weighted by atomic mass is 15.2. The van der Waals surface area contributed by atoms with Gasteiger partial charge in [-0.05, 0) is 59.0 Å². The second-order valence-corrected chi connectivity index (χ2v) is 7.37. The van der Waals surface area contributed by atoms with Crippen LogP contribution in [-0.2, 0) is 0 Å². The predicted molar refractivity (Wildman–Crippen MR) is 85.7 cm³/mol. The summed E-state index contributed by atoms with van der Waals surface area (Å²) in [6.07, 6.45) is 8.24. The van der Waals surface area contributed by atoms with E-state index in [1.807, 2.05) is 0 Å². The summed E-state index contributed by atoms with van der Waals surface area (Å²) < 4.78 is 0. The lowest BCUT2D eigenvalue weighted by atomic mass is 10.0. The third-order valence-corrected chi connectivity index (χ3v) is 4.27. The van der Waals surface area contributed by atoms with Crippen molar-refractivity contribution in [2.75, 3.05) is 19.6 Å². The maximum absolute atomic E-state index is 3.67. The summed E-state index contributed by atoms with van der Waals surface area (Å²) in [5.74, 6) is 0.861. The number of nitrogens with one attached hydrogen (secondary N) is 1. The quantitative estimate of drug-likeness (QED) is 0.714. The summed E-state index contributed by atoms with van der Waals surface area (Å²) in [4.78, 5) is 2.77. The lowest BCUT2D eigenvalue weighted by Crippen LogP contribution is -2.40. The van der Waals surface area contributed by atoms with Gasteiger partial charge in [-0.3, -0.25) is 0 Å². The number of hydrogen-bond acceptors (Lipinski definition) is 2. The summed E-state index contributed by atoms with van der Waals surface area (Å²) in [7, 11) is 0. The molecule has 1 heterocycles. The molecule has 0 radical (unpaired) electrons. The van der Waals surface area contributed by atoms with Crippen LogP contribution in [0, 0.1) is 5.92 Å². The third kappa shape index (κ3) is 6.76. The second-order valence-electron chi connectivity index (χ2n) is 7.37. The van der Waals surface area contributed by atoms with Gasteiger partial charge in [-0.1, -0.05) is 33.1 Å². The van der Waals surface area contributed by atoms with Crippen molar-refractivity contribution in [3.63, 3.8) is 0 Å². The molecule has 1 aliphatic rings. The van der Waals surface area contributed by atoms with Gasteiger partial charge in [-0.2, -0.15) is 0 Å². The average molecular weight is 268 g/mol. The zero-order valence-electron chi connectivity index (χ0n) is 14.0. The molecule has 0 aromatic heterocycles. The van der Waals surface area contributed by atoms with Crippen molar-refractivity contribution in [2.24, 2.45) is 5.92 Å². The van der Waals surface area contributed by atoms with Crippen LogP contribution in [0.25, 0.3) is 0 Å². The van der Waals surface area contributed by atoms with Gasteiger partial charge < -0.3 is 10.2 Å². The molecule has 0 amide bonds. The Bertz CT molecular complexity index is 232. The van der Waals surface area contributed by atoms with Gasteiger partial charge in [-0.15, -0.1) is 0 Å². The van der Waals surface area contributed by atoms with E-state index in [4.69, 9.17) is 0 Å². The highest BCUT2D eigenvalue weighted by molar-refractivity contribution is 4.84. The molecule has 1 N–H and O–H groups in total. The maximum Gasteiger partial charge on any atom is 0.00966 e. The molecule has 0 aliphatic carbocycles. The summed E-state index contributed by atoms with van der Waals surface area (Å²) in [6, 6.07) is 0.851. The summed E-state index contributed by atoms with van der Waals surface area (Å²) in [5, 5.41) is 3.67. The molecule has 0 saturated carbocycles. The Kier molecular flexibility index (Phi) is 7.38. The number of likely N-dealkylation sites (tertiary alicyclic amines) is 1. The van der Waals surface area contributed by atoms with Crippen molar-refractivity contribution < 1.29 is 0 Å². The first-order valence-corrected chi connectivity index (χ1v) is 8.45. The van der Waals surface area contributed by atoms with Crippen molar-refractivity contribution in [3.8, 4) is 0 Å².